The van der Waals surface area contributed by atoms with Crippen LogP contribution in [0.1, 0.15) is 23.7 Å². The zero-order valence-corrected chi connectivity index (χ0v) is 15.0. The highest BCUT2D eigenvalue weighted by Crippen LogP contribution is 2.27. The molecule has 2 rings (SSSR count). The smallest absolute Gasteiger partial charge is 0.254 e. The van der Waals surface area contributed by atoms with Crippen LogP contribution < -0.4 is 5.32 Å². The van der Waals surface area contributed by atoms with Crippen LogP contribution in [0.25, 0.3) is 0 Å². The average molecular weight is 409 g/mol. The first-order valence-electron chi connectivity index (χ1n) is 7.23. The van der Waals surface area contributed by atoms with Crippen molar-refractivity contribution in [2.75, 3.05) is 32.8 Å². The maximum atomic E-state index is 14.7. The van der Waals surface area contributed by atoms with Crippen LogP contribution in [0.2, 0.25) is 0 Å². The van der Waals surface area contributed by atoms with Crippen LogP contribution in [0.5, 0.6) is 0 Å². The molecule has 1 aromatic rings. The predicted octanol–water partition coefficient (Wildman–Crippen LogP) is 1.75. The number of ether oxygens (including phenoxy) is 1. The Morgan fingerprint density at radius 3 is 2.65 bits per heavy atom. The lowest BCUT2D eigenvalue weighted by Crippen LogP contribution is -2.41. The summed E-state index contributed by atoms with van der Waals surface area (Å²) < 4.78 is 46.5. The van der Waals surface area contributed by atoms with Crippen LogP contribution in [0.15, 0.2) is 21.5 Å². The van der Waals surface area contributed by atoms with Gasteiger partial charge in [0.25, 0.3) is 5.91 Å². The van der Waals surface area contributed by atoms with Gasteiger partial charge in [-0.05, 0) is 18.6 Å². The summed E-state index contributed by atoms with van der Waals surface area (Å²) in [6.45, 7) is 3.09. The molecule has 1 fully saturated rings. The average Bonchev–Trinajstić information content (AvgIpc) is 2.55. The third-order valence-corrected chi connectivity index (χ3v) is 5.73. The van der Waals surface area contributed by atoms with E-state index in [-0.39, 0.29) is 31.9 Å². The van der Waals surface area contributed by atoms with Crippen molar-refractivity contribution < 1.29 is 22.3 Å². The Morgan fingerprint density at radius 1 is 1.39 bits per heavy atom. The SMILES string of the molecule is CCCNC(=O)c1cc(Br)cc(S(=O)(=O)N2CCOCC2)c1F. The number of hydrogen-bond acceptors (Lipinski definition) is 4. The van der Waals surface area contributed by atoms with E-state index in [9.17, 15) is 17.6 Å². The minimum absolute atomic E-state index is 0.158. The van der Waals surface area contributed by atoms with Crippen LogP contribution >= 0.6 is 15.9 Å². The maximum absolute atomic E-state index is 14.7. The molecule has 1 aromatic carbocycles. The molecule has 9 heteroatoms. The van der Waals surface area contributed by atoms with Gasteiger partial charge in [0, 0.05) is 24.1 Å². The Labute approximate surface area is 143 Å². The lowest BCUT2D eigenvalue weighted by molar-refractivity contribution is 0.0729. The van der Waals surface area contributed by atoms with Gasteiger partial charge in [0.1, 0.15) is 4.90 Å². The second-order valence-electron chi connectivity index (χ2n) is 5.04. The van der Waals surface area contributed by atoms with Gasteiger partial charge in [-0.3, -0.25) is 4.79 Å². The molecular weight excluding hydrogens is 391 g/mol. The van der Waals surface area contributed by atoms with Gasteiger partial charge in [0.05, 0.1) is 18.8 Å². The van der Waals surface area contributed by atoms with E-state index in [4.69, 9.17) is 4.74 Å². The third-order valence-electron chi connectivity index (χ3n) is 3.37. The fourth-order valence-corrected chi connectivity index (χ4v) is 4.31. The molecule has 1 aliphatic heterocycles. The molecule has 0 spiro atoms. The summed E-state index contributed by atoms with van der Waals surface area (Å²) in [6.07, 6.45) is 0.695. The number of nitrogens with one attached hydrogen (secondary N) is 1. The zero-order valence-electron chi connectivity index (χ0n) is 12.6. The highest BCUT2D eigenvalue weighted by Gasteiger charge is 2.31. The van der Waals surface area contributed by atoms with Gasteiger partial charge in [-0.15, -0.1) is 0 Å². The number of amides is 1. The molecule has 23 heavy (non-hydrogen) atoms. The minimum atomic E-state index is -4.02. The van der Waals surface area contributed by atoms with Crippen LogP contribution in [0, 0.1) is 5.82 Å². The molecule has 0 aromatic heterocycles. The van der Waals surface area contributed by atoms with Gasteiger partial charge in [-0.2, -0.15) is 4.31 Å². The van der Waals surface area contributed by atoms with Gasteiger partial charge >= 0.3 is 0 Å². The standard InChI is InChI=1S/C14H18BrFN2O4S/c1-2-3-17-14(19)11-8-10(15)9-12(13(11)16)23(20,21)18-4-6-22-7-5-18/h8-9H,2-7H2,1H3,(H,17,19). The zero-order chi connectivity index (χ0) is 17.0. The van der Waals surface area contributed by atoms with E-state index in [1.54, 1.807) is 0 Å². The summed E-state index contributed by atoms with van der Waals surface area (Å²) in [7, 11) is -4.02. The summed E-state index contributed by atoms with van der Waals surface area (Å²) in [6, 6.07) is 2.45. The Kier molecular flexibility index (Phi) is 6.12. The molecule has 0 bridgehead atoms. The molecule has 1 amide bonds. The highest BCUT2D eigenvalue weighted by atomic mass is 79.9. The van der Waals surface area contributed by atoms with Crippen LogP contribution in [-0.4, -0.2) is 51.5 Å². The summed E-state index contributed by atoms with van der Waals surface area (Å²) in [4.78, 5) is 11.5. The van der Waals surface area contributed by atoms with E-state index in [1.165, 1.54) is 12.1 Å². The molecule has 6 nitrogen and oxygen atoms in total. The Balaban J connectivity index is 2.42. The number of morpholine rings is 1. The van der Waals surface area contributed by atoms with E-state index in [0.717, 1.165) is 4.31 Å². The number of hydrogen-bond donors (Lipinski definition) is 1. The van der Waals surface area contributed by atoms with Gasteiger partial charge in [0.2, 0.25) is 10.0 Å². The molecule has 0 saturated carbocycles. The lowest BCUT2D eigenvalue weighted by atomic mass is 10.2. The quantitative estimate of drug-likeness (QED) is 0.804. The van der Waals surface area contributed by atoms with Crippen molar-refractivity contribution >= 4 is 31.9 Å². The fourth-order valence-electron chi connectivity index (χ4n) is 2.18. The summed E-state index contributed by atoms with van der Waals surface area (Å²) in [5.74, 6) is -1.67. The molecule has 128 valence electrons. The van der Waals surface area contributed by atoms with E-state index < -0.39 is 26.6 Å². The fraction of sp³-hybridized carbons (Fsp3) is 0.500. The molecule has 0 radical (unpaired) electrons. The Hall–Kier alpha value is -1.03. The van der Waals surface area contributed by atoms with Gasteiger partial charge < -0.3 is 10.1 Å². The predicted molar refractivity (Wildman–Crippen MR) is 86.3 cm³/mol. The monoisotopic (exact) mass is 408 g/mol. The van der Waals surface area contributed by atoms with E-state index in [2.05, 4.69) is 21.2 Å². The number of sulfonamides is 1. The number of nitrogens with zero attached hydrogens (tertiary/aromatic N) is 1. The molecule has 0 atom stereocenters. The summed E-state index contributed by atoms with van der Waals surface area (Å²) >= 11 is 3.15. The van der Waals surface area contributed by atoms with E-state index >= 15 is 0 Å². The molecule has 1 N–H and O–H groups in total. The maximum Gasteiger partial charge on any atom is 0.254 e. The third kappa shape index (κ3) is 4.09. The first kappa shape index (κ1) is 18.3. The lowest BCUT2D eigenvalue weighted by Gasteiger charge is -2.26. The molecule has 1 heterocycles. The topological polar surface area (TPSA) is 75.7 Å². The van der Waals surface area contributed by atoms with E-state index in [1.807, 2.05) is 6.92 Å². The second kappa shape index (κ2) is 7.69. The molecule has 1 aliphatic rings. The van der Waals surface area contributed by atoms with Crippen molar-refractivity contribution in [2.45, 2.75) is 18.2 Å². The van der Waals surface area contributed by atoms with Crippen molar-refractivity contribution in [3.05, 3.63) is 28.0 Å². The first-order chi connectivity index (χ1) is 10.9. The van der Waals surface area contributed by atoms with Crippen LogP contribution in [0.4, 0.5) is 4.39 Å². The van der Waals surface area contributed by atoms with Gasteiger partial charge in [-0.1, -0.05) is 22.9 Å². The number of halogens is 2. The molecule has 0 aliphatic carbocycles. The number of rotatable bonds is 5. The number of carbonyl (C=O) groups is 1. The van der Waals surface area contributed by atoms with Crippen molar-refractivity contribution in [1.29, 1.82) is 0 Å². The van der Waals surface area contributed by atoms with Crippen molar-refractivity contribution in [3.8, 4) is 0 Å². The molecule has 1 saturated heterocycles. The number of benzene rings is 1. The first-order valence-corrected chi connectivity index (χ1v) is 9.46. The molecule has 0 unspecified atom stereocenters. The van der Waals surface area contributed by atoms with E-state index in [0.29, 0.717) is 17.4 Å². The number of carbonyl (C=O) groups excluding carboxylic acids is 1. The van der Waals surface area contributed by atoms with Crippen LogP contribution in [-0.2, 0) is 14.8 Å². The Morgan fingerprint density at radius 2 is 2.04 bits per heavy atom. The minimum Gasteiger partial charge on any atom is -0.379 e. The van der Waals surface area contributed by atoms with Crippen LogP contribution in [0.3, 0.4) is 0 Å². The summed E-state index contributed by atoms with van der Waals surface area (Å²) in [5, 5.41) is 2.55. The largest absolute Gasteiger partial charge is 0.379 e. The van der Waals surface area contributed by atoms with Gasteiger partial charge in [0.15, 0.2) is 5.82 Å². The Bertz CT molecular complexity index is 690. The van der Waals surface area contributed by atoms with Crippen molar-refractivity contribution in [1.82, 2.24) is 9.62 Å². The second-order valence-corrected chi connectivity index (χ2v) is 7.86. The summed E-state index contributed by atoms with van der Waals surface area (Å²) in [5.41, 5.74) is -0.292. The molecular formula is C14H18BrFN2O4S. The van der Waals surface area contributed by atoms with Crippen molar-refractivity contribution in [3.63, 3.8) is 0 Å². The van der Waals surface area contributed by atoms with Crippen molar-refractivity contribution in [2.24, 2.45) is 0 Å². The van der Waals surface area contributed by atoms with Gasteiger partial charge in [-0.25, -0.2) is 12.8 Å². The highest BCUT2D eigenvalue weighted by molar-refractivity contribution is 9.10. The normalized spacial score (nSPS) is 16.3.